The Balaban J connectivity index is 1.50. The Bertz CT molecular complexity index is 1490. The number of imidazole rings is 2. The van der Waals surface area contributed by atoms with Crippen LogP contribution >= 0.6 is 34.8 Å². The number of hydrogen-bond donors (Lipinski definition) is 2. The number of amides is 2. The number of carbonyl (C=O) groups is 2. The summed E-state index contributed by atoms with van der Waals surface area (Å²) in [4.78, 5) is 52.0. The highest BCUT2D eigenvalue weighted by atomic mass is 35.6. The van der Waals surface area contributed by atoms with Gasteiger partial charge in [0.2, 0.25) is 3.79 Å². The summed E-state index contributed by atoms with van der Waals surface area (Å²) in [6, 6.07) is 8.47. The second-order valence-electron chi connectivity index (χ2n) is 7.66. The third kappa shape index (κ3) is 5.93. The maximum Gasteiger partial charge on any atom is 0.409 e. The maximum atomic E-state index is 12.6. The van der Waals surface area contributed by atoms with Crippen molar-refractivity contribution in [2.45, 2.75) is 23.4 Å². The van der Waals surface area contributed by atoms with Crippen LogP contribution in [0.2, 0.25) is 0 Å². The van der Waals surface area contributed by atoms with Crippen molar-refractivity contribution < 1.29 is 19.2 Å². The zero-order chi connectivity index (χ0) is 27.4. The van der Waals surface area contributed by atoms with Gasteiger partial charge in [0, 0.05) is 12.5 Å². The molecule has 3 aromatic heterocycles. The van der Waals surface area contributed by atoms with Gasteiger partial charge in [0.05, 0.1) is 6.33 Å². The lowest BCUT2D eigenvalue weighted by atomic mass is 10.2. The largest absolute Gasteiger partial charge is 0.445 e. The number of aryl methyl sites for hydroxylation is 1. The number of benzene rings is 1. The summed E-state index contributed by atoms with van der Waals surface area (Å²) in [6.07, 6.45) is 1.21. The van der Waals surface area contributed by atoms with Crippen molar-refractivity contribution in [3.8, 4) is 0 Å². The van der Waals surface area contributed by atoms with Crippen molar-refractivity contribution in [1.82, 2.24) is 34.4 Å². The highest BCUT2D eigenvalue weighted by Gasteiger charge is 2.37. The van der Waals surface area contributed by atoms with Gasteiger partial charge in [-0.15, -0.1) is 0 Å². The fourth-order valence-corrected chi connectivity index (χ4v) is 3.95. The lowest BCUT2D eigenvalue weighted by Gasteiger charge is -2.26. The molecule has 0 fully saturated rings. The molecule has 0 bridgehead atoms. The van der Waals surface area contributed by atoms with E-state index in [0.717, 1.165) is 6.20 Å². The number of alkyl carbamates (subject to hydrolysis) is 1. The number of nitro groups is 1. The molecule has 0 spiro atoms. The first kappa shape index (κ1) is 27.0. The van der Waals surface area contributed by atoms with Crippen molar-refractivity contribution >= 4 is 69.6 Å². The molecule has 1 unspecified atom stereocenters. The summed E-state index contributed by atoms with van der Waals surface area (Å²) >= 11 is 18.4. The Morgan fingerprint density at radius 2 is 1.89 bits per heavy atom. The van der Waals surface area contributed by atoms with Gasteiger partial charge in [-0.05, 0) is 17.1 Å². The number of aromatic nitrogens is 6. The number of ether oxygens (including phenoxy) is 1. The maximum absolute atomic E-state index is 12.6. The van der Waals surface area contributed by atoms with Crippen molar-refractivity contribution in [2.24, 2.45) is 0 Å². The van der Waals surface area contributed by atoms with Gasteiger partial charge in [-0.3, -0.25) is 14.7 Å². The summed E-state index contributed by atoms with van der Waals surface area (Å²) in [5.41, 5.74) is 0.720. The monoisotopic (exact) mass is 581 g/mol. The van der Waals surface area contributed by atoms with Gasteiger partial charge in [-0.1, -0.05) is 53.0 Å². The molecule has 4 rings (SSSR count). The van der Waals surface area contributed by atoms with Gasteiger partial charge < -0.3 is 20.2 Å². The summed E-state index contributed by atoms with van der Waals surface area (Å²) in [5.74, 6) is -0.191. The molecule has 1 aromatic carbocycles. The first-order chi connectivity index (χ1) is 18.1. The van der Waals surface area contributed by atoms with Gasteiger partial charge in [0.15, 0.2) is 29.0 Å². The smallest absolute Gasteiger partial charge is 0.409 e. The van der Waals surface area contributed by atoms with E-state index >= 15 is 0 Å². The number of nitrogens with one attached hydrogen (secondary N) is 2. The highest BCUT2D eigenvalue weighted by molar-refractivity contribution is 6.68. The van der Waals surface area contributed by atoms with Crippen molar-refractivity contribution in [2.75, 3.05) is 11.9 Å². The Kier molecular flexibility index (Phi) is 7.94. The normalized spacial score (nSPS) is 12.2. The van der Waals surface area contributed by atoms with Gasteiger partial charge in [0.1, 0.15) is 25.7 Å². The quantitative estimate of drug-likeness (QED) is 0.178. The van der Waals surface area contributed by atoms with Crippen LogP contribution in [0.1, 0.15) is 22.3 Å². The zero-order valence-electron chi connectivity index (χ0n) is 19.4. The number of hydrogen-bond acceptors (Lipinski definition) is 9. The molecule has 14 nitrogen and oxygen atoms in total. The minimum atomic E-state index is -2.09. The van der Waals surface area contributed by atoms with E-state index in [1.54, 1.807) is 37.3 Å². The molecule has 3 heterocycles. The van der Waals surface area contributed by atoms with Crippen molar-refractivity contribution in [3.63, 3.8) is 0 Å². The second-order valence-corrected chi connectivity index (χ2v) is 10.0. The van der Waals surface area contributed by atoms with Gasteiger partial charge in [0.25, 0.3) is 5.91 Å². The second kappa shape index (κ2) is 11.2. The lowest BCUT2D eigenvalue weighted by molar-refractivity contribution is -0.392. The van der Waals surface area contributed by atoms with Crippen molar-refractivity contribution in [1.29, 1.82) is 0 Å². The van der Waals surface area contributed by atoms with Gasteiger partial charge in [-0.25, -0.2) is 29.3 Å². The molecule has 0 aliphatic carbocycles. The van der Waals surface area contributed by atoms with Crippen LogP contribution < -0.4 is 10.6 Å². The first-order valence-corrected chi connectivity index (χ1v) is 11.9. The Morgan fingerprint density at radius 3 is 2.58 bits per heavy atom. The molecule has 198 valence electrons. The molecule has 1 atom stereocenters. The third-order valence-corrected chi connectivity index (χ3v) is 5.86. The number of anilines is 1. The number of halogens is 3. The fourth-order valence-electron chi connectivity index (χ4n) is 3.47. The molecular weight excluding hydrogens is 565 g/mol. The Hall–Kier alpha value is -4.01. The van der Waals surface area contributed by atoms with Crippen LogP contribution in [0.3, 0.4) is 0 Å². The molecule has 0 radical (unpaired) electrons. The zero-order valence-corrected chi connectivity index (χ0v) is 21.7. The van der Waals surface area contributed by atoms with Crippen LogP contribution in [-0.2, 0) is 11.3 Å². The molecule has 2 amide bonds. The van der Waals surface area contributed by atoms with E-state index in [0.29, 0.717) is 11.4 Å². The summed E-state index contributed by atoms with van der Waals surface area (Å²) in [7, 11) is 0. The van der Waals surface area contributed by atoms with Crippen LogP contribution in [0, 0.1) is 17.0 Å². The van der Waals surface area contributed by atoms with Crippen LogP contribution in [0.4, 0.5) is 16.4 Å². The SMILES string of the molecule is Cc1ncc([N+](=O)[O-])n1CCOC(=O)NC(n1cnc2c(NC(=O)c3ccccc3)ncnc21)C(Cl)(Cl)Cl. The van der Waals surface area contributed by atoms with Crippen LogP contribution in [0.25, 0.3) is 11.2 Å². The van der Waals surface area contributed by atoms with E-state index in [4.69, 9.17) is 39.5 Å². The molecule has 17 heteroatoms. The molecule has 0 aliphatic rings. The minimum Gasteiger partial charge on any atom is -0.445 e. The van der Waals surface area contributed by atoms with E-state index in [-0.39, 0.29) is 36.0 Å². The summed E-state index contributed by atoms with van der Waals surface area (Å²) < 4.78 is 5.61. The van der Waals surface area contributed by atoms with Crippen LogP contribution in [0.5, 0.6) is 0 Å². The van der Waals surface area contributed by atoms with Crippen LogP contribution in [0.15, 0.2) is 49.2 Å². The van der Waals surface area contributed by atoms with Gasteiger partial charge >= 0.3 is 11.9 Å². The average molecular weight is 583 g/mol. The molecule has 0 saturated heterocycles. The summed E-state index contributed by atoms with van der Waals surface area (Å²) in [6.45, 7) is 1.31. The molecule has 38 heavy (non-hydrogen) atoms. The molecule has 4 aromatic rings. The predicted octanol–water partition coefficient (Wildman–Crippen LogP) is 3.79. The van der Waals surface area contributed by atoms with Crippen molar-refractivity contribution in [3.05, 3.63) is 70.7 Å². The topological polar surface area (TPSA) is 172 Å². The van der Waals surface area contributed by atoms with E-state index < -0.39 is 26.9 Å². The average Bonchev–Trinajstić information content (AvgIpc) is 3.46. The van der Waals surface area contributed by atoms with Crippen LogP contribution in [-0.4, -0.2) is 56.4 Å². The Morgan fingerprint density at radius 1 is 1.16 bits per heavy atom. The van der Waals surface area contributed by atoms with Gasteiger partial charge in [-0.2, -0.15) is 0 Å². The molecule has 2 N–H and O–H groups in total. The van der Waals surface area contributed by atoms with E-state index in [9.17, 15) is 19.7 Å². The number of carbonyl (C=O) groups excluding carboxylic acids is 2. The Labute approximate surface area is 229 Å². The number of rotatable bonds is 8. The first-order valence-electron chi connectivity index (χ1n) is 10.8. The number of nitrogens with zero attached hydrogens (tertiary/aromatic N) is 7. The van der Waals surface area contributed by atoms with E-state index in [1.807, 2.05) is 0 Å². The molecule has 0 saturated carbocycles. The number of fused-ring (bicyclic) bond motifs is 1. The molecular formula is C21H18Cl3N9O5. The number of alkyl halides is 3. The predicted molar refractivity (Wildman–Crippen MR) is 137 cm³/mol. The highest BCUT2D eigenvalue weighted by Crippen LogP contribution is 2.38. The lowest BCUT2D eigenvalue weighted by Crippen LogP contribution is -2.40. The fraction of sp³-hybridized carbons (Fsp3) is 0.238. The standard InChI is InChI=1S/C21H18Cl3N9O5/c1-12-25-9-14(33(36)37)31(12)7-8-38-20(35)30-19(21(22,23)24)32-11-28-15-16(26-10-27-17(15)32)29-18(34)13-5-3-2-4-6-13/h2-6,9-11,19H,7-8H2,1H3,(H,30,35)(H,26,27,29,34). The molecule has 0 aliphatic heterocycles. The van der Waals surface area contributed by atoms with E-state index in [1.165, 1.54) is 21.8 Å². The minimum absolute atomic E-state index is 0.0281. The van der Waals surface area contributed by atoms with E-state index in [2.05, 4.69) is 30.6 Å². The summed E-state index contributed by atoms with van der Waals surface area (Å²) in [5, 5.41) is 16.2. The third-order valence-electron chi connectivity index (χ3n) is 5.24.